The van der Waals surface area contributed by atoms with E-state index in [1.54, 1.807) is 0 Å². The fourth-order valence-corrected chi connectivity index (χ4v) is 5.18. The minimum Gasteiger partial charge on any atom is -0.394 e. The molecule has 5 N–H and O–H groups in total. The van der Waals surface area contributed by atoms with Gasteiger partial charge >= 0.3 is 0 Å². The van der Waals surface area contributed by atoms with Crippen LogP contribution in [-0.2, 0) is 4.79 Å². The molecule has 0 aromatic carbocycles. The van der Waals surface area contributed by atoms with Crippen molar-refractivity contribution in [1.82, 2.24) is 5.32 Å². The van der Waals surface area contributed by atoms with Gasteiger partial charge in [-0.15, -0.1) is 0 Å². The van der Waals surface area contributed by atoms with Gasteiger partial charge in [0.1, 0.15) is 12.2 Å². The molecule has 6 nitrogen and oxygen atoms in total. The number of carbonyl (C=O) groups is 1. The molecule has 6 heteroatoms. The van der Waals surface area contributed by atoms with E-state index in [4.69, 9.17) is 0 Å². The van der Waals surface area contributed by atoms with Crippen LogP contribution in [0.4, 0.5) is 0 Å². The molecule has 0 saturated carbocycles. The van der Waals surface area contributed by atoms with Gasteiger partial charge in [0.15, 0.2) is 0 Å². The van der Waals surface area contributed by atoms with Crippen LogP contribution >= 0.6 is 0 Å². The molecular weight excluding hydrogens is 562 g/mol. The van der Waals surface area contributed by atoms with Gasteiger partial charge in [0, 0.05) is 0 Å². The van der Waals surface area contributed by atoms with E-state index in [2.05, 4.69) is 67.8 Å². The van der Waals surface area contributed by atoms with Crippen LogP contribution in [0, 0.1) is 0 Å². The maximum absolute atomic E-state index is 12.4. The first-order valence-electron chi connectivity index (χ1n) is 18.5. The Labute approximate surface area is 277 Å². The van der Waals surface area contributed by atoms with Gasteiger partial charge < -0.3 is 25.7 Å². The van der Waals surface area contributed by atoms with E-state index in [1.807, 2.05) is 0 Å². The second-order valence-corrected chi connectivity index (χ2v) is 12.5. The van der Waals surface area contributed by atoms with E-state index in [1.165, 1.54) is 64.2 Å². The van der Waals surface area contributed by atoms with Crippen molar-refractivity contribution in [3.05, 3.63) is 48.6 Å². The number of unbranched alkanes of at least 4 members (excludes halogenated alkanes) is 15. The van der Waals surface area contributed by atoms with E-state index < -0.39 is 36.9 Å². The Morgan fingerprint density at radius 1 is 0.533 bits per heavy atom. The quantitative estimate of drug-likeness (QED) is 0.0376. The van der Waals surface area contributed by atoms with Crippen LogP contribution in [0.1, 0.15) is 162 Å². The van der Waals surface area contributed by atoms with E-state index >= 15 is 0 Å². The third kappa shape index (κ3) is 28.2. The molecule has 0 aliphatic heterocycles. The predicted octanol–water partition coefficient (Wildman–Crippen LogP) is 8.78. The zero-order valence-electron chi connectivity index (χ0n) is 29.1. The van der Waals surface area contributed by atoms with Crippen LogP contribution in [-0.4, -0.2) is 57.3 Å². The van der Waals surface area contributed by atoms with E-state index in [0.29, 0.717) is 19.3 Å². The Kier molecular flexibility index (Phi) is 32.3. The Balaban J connectivity index is 3.94. The number of aliphatic hydroxyl groups excluding tert-OH is 4. The Morgan fingerprint density at radius 2 is 0.956 bits per heavy atom. The molecule has 0 aromatic rings. The summed E-state index contributed by atoms with van der Waals surface area (Å²) in [6.45, 7) is 3.94. The molecule has 0 aliphatic carbocycles. The molecule has 0 fully saturated rings. The second-order valence-electron chi connectivity index (χ2n) is 12.5. The number of aliphatic hydroxyl groups is 4. The number of amides is 1. The summed E-state index contributed by atoms with van der Waals surface area (Å²) in [5.74, 6) is -0.609. The van der Waals surface area contributed by atoms with Crippen LogP contribution in [0.2, 0.25) is 0 Å². The summed E-state index contributed by atoms with van der Waals surface area (Å²) >= 11 is 0. The van der Waals surface area contributed by atoms with Crippen LogP contribution in [0.3, 0.4) is 0 Å². The first kappa shape index (κ1) is 43.3. The number of nitrogens with one attached hydrogen (secondary N) is 1. The number of allylic oxidation sites excluding steroid dienone is 8. The highest BCUT2D eigenvalue weighted by Gasteiger charge is 2.28. The van der Waals surface area contributed by atoms with Crippen molar-refractivity contribution in [3.63, 3.8) is 0 Å². The van der Waals surface area contributed by atoms with E-state index in [-0.39, 0.29) is 0 Å². The summed E-state index contributed by atoms with van der Waals surface area (Å²) in [5.41, 5.74) is 0. The molecule has 0 heterocycles. The molecule has 262 valence electrons. The van der Waals surface area contributed by atoms with Gasteiger partial charge in [0.2, 0.25) is 5.91 Å². The lowest BCUT2D eigenvalue weighted by Gasteiger charge is -2.27. The summed E-state index contributed by atoms with van der Waals surface area (Å²) < 4.78 is 0. The van der Waals surface area contributed by atoms with E-state index in [9.17, 15) is 25.2 Å². The smallest absolute Gasteiger partial charge is 0.249 e. The van der Waals surface area contributed by atoms with Crippen LogP contribution in [0.25, 0.3) is 0 Å². The molecule has 0 aromatic heterocycles. The molecule has 45 heavy (non-hydrogen) atoms. The Morgan fingerprint density at radius 3 is 1.47 bits per heavy atom. The van der Waals surface area contributed by atoms with Gasteiger partial charge in [-0.3, -0.25) is 4.79 Å². The third-order valence-corrected chi connectivity index (χ3v) is 8.22. The van der Waals surface area contributed by atoms with Gasteiger partial charge in [-0.1, -0.05) is 127 Å². The molecule has 0 radical (unpaired) electrons. The lowest BCUT2D eigenvalue weighted by atomic mass is 10.00. The third-order valence-electron chi connectivity index (χ3n) is 8.22. The zero-order chi connectivity index (χ0) is 33.2. The molecular formula is C39H71NO5. The van der Waals surface area contributed by atoms with Crippen molar-refractivity contribution in [1.29, 1.82) is 0 Å². The normalized spacial score (nSPS) is 15.1. The fraction of sp³-hybridized carbons (Fsp3) is 0.769. The lowest BCUT2D eigenvalue weighted by Crippen LogP contribution is -2.53. The molecule has 0 spiro atoms. The maximum Gasteiger partial charge on any atom is 0.249 e. The van der Waals surface area contributed by atoms with Crippen LogP contribution in [0.15, 0.2) is 48.6 Å². The highest BCUT2D eigenvalue weighted by Crippen LogP contribution is 2.13. The average Bonchev–Trinajstić information content (AvgIpc) is 3.04. The van der Waals surface area contributed by atoms with Crippen molar-refractivity contribution >= 4 is 5.91 Å². The molecule has 0 rings (SSSR count). The molecule has 4 unspecified atom stereocenters. The highest BCUT2D eigenvalue weighted by molar-refractivity contribution is 5.80. The molecule has 0 bridgehead atoms. The minimum absolute atomic E-state index is 0.349. The highest BCUT2D eigenvalue weighted by atomic mass is 16.3. The Hall–Kier alpha value is -1.73. The van der Waals surface area contributed by atoms with Crippen molar-refractivity contribution in [3.8, 4) is 0 Å². The SMILES string of the molecule is CCCC/C=C/CC/C=C/CC/C=C/CCCC(O)C(O)C(CO)NC(=O)C(O)CCCCCCCC/C=C\CCCCCC. The predicted molar refractivity (Wildman–Crippen MR) is 191 cm³/mol. The fourth-order valence-electron chi connectivity index (χ4n) is 5.18. The number of rotatable bonds is 32. The van der Waals surface area contributed by atoms with E-state index in [0.717, 1.165) is 64.2 Å². The summed E-state index contributed by atoms with van der Waals surface area (Å²) in [4.78, 5) is 12.4. The van der Waals surface area contributed by atoms with Crippen molar-refractivity contribution in [2.24, 2.45) is 0 Å². The summed E-state index contributed by atoms with van der Waals surface area (Å²) in [7, 11) is 0. The van der Waals surface area contributed by atoms with Gasteiger partial charge in [-0.05, 0) is 83.5 Å². The molecule has 4 atom stereocenters. The first-order valence-corrected chi connectivity index (χ1v) is 18.5. The van der Waals surface area contributed by atoms with Crippen molar-refractivity contribution in [2.45, 2.75) is 186 Å². The molecule has 1 amide bonds. The standard InChI is InChI=1S/C39H71NO5/c1-3-5-7-9-11-13-15-17-19-21-22-24-26-28-30-32-36(42)38(44)35(34-41)40-39(45)37(43)33-31-29-27-25-23-20-18-16-14-12-10-8-6-4-2/h9,11,14,16-17,19,24,26,35-38,41-44H,3-8,10,12-13,15,18,20-23,25,27-34H2,1-2H3,(H,40,45)/b11-9+,16-14-,19-17+,26-24+. The second kappa shape index (κ2) is 33.6. The minimum atomic E-state index is -1.29. The monoisotopic (exact) mass is 634 g/mol. The topological polar surface area (TPSA) is 110 Å². The summed E-state index contributed by atoms with van der Waals surface area (Å²) in [5, 5.41) is 43.4. The summed E-state index contributed by atoms with van der Waals surface area (Å²) in [6, 6.07) is -1.01. The Bertz CT molecular complexity index is 763. The van der Waals surface area contributed by atoms with Crippen LogP contribution in [0.5, 0.6) is 0 Å². The number of hydrogen-bond donors (Lipinski definition) is 5. The average molecular weight is 634 g/mol. The lowest BCUT2D eigenvalue weighted by molar-refractivity contribution is -0.132. The summed E-state index contributed by atoms with van der Waals surface area (Å²) in [6.07, 6.45) is 38.4. The zero-order valence-corrected chi connectivity index (χ0v) is 29.1. The van der Waals surface area contributed by atoms with Gasteiger partial charge in [-0.2, -0.15) is 0 Å². The molecule has 0 aliphatic rings. The van der Waals surface area contributed by atoms with Crippen LogP contribution < -0.4 is 5.32 Å². The largest absolute Gasteiger partial charge is 0.394 e. The van der Waals surface area contributed by atoms with Gasteiger partial charge in [0.05, 0.1) is 18.8 Å². The van der Waals surface area contributed by atoms with Gasteiger partial charge in [-0.25, -0.2) is 0 Å². The van der Waals surface area contributed by atoms with Gasteiger partial charge in [0.25, 0.3) is 0 Å². The maximum atomic E-state index is 12.4. The number of hydrogen-bond acceptors (Lipinski definition) is 5. The number of carbonyl (C=O) groups excluding carboxylic acids is 1. The van der Waals surface area contributed by atoms with Crippen molar-refractivity contribution in [2.75, 3.05) is 6.61 Å². The first-order chi connectivity index (χ1) is 22.0. The molecule has 0 saturated heterocycles. The van der Waals surface area contributed by atoms with Crippen molar-refractivity contribution < 1.29 is 25.2 Å².